The number of nitrogens with zero attached hydrogens (tertiary/aromatic N) is 1. The molecule has 0 spiro atoms. The second kappa shape index (κ2) is 9.23. The van der Waals surface area contributed by atoms with Crippen molar-refractivity contribution in [2.45, 2.75) is 25.0 Å². The molecule has 166 valence electrons. The number of benzene rings is 3. The van der Waals surface area contributed by atoms with E-state index in [9.17, 15) is 5.11 Å². The monoisotopic (exact) mass is 431 g/mol. The van der Waals surface area contributed by atoms with Crippen LogP contribution in [0.5, 0.6) is 17.2 Å². The van der Waals surface area contributed by atoms with Crippen molar-refractivity contribution in [3.05, 3.63) is 89.5 Å². The van der Waals surface area contributed by atoms with Gasteiger partial charge in [0.2, 0.25) is 0 Å². The second-order valence-corrected chi connectivity index (χ2v) is 8.46. The first kappa shape index (κ1) is 20.9. The molecule has 0 bridgehead atoms. The van der Waals surface area contributed by atoms with Crippen molar-refractivity contribution in [3.8, 4) is 17.2 Å². The van der Waals surface area contributed by atoms with Crippen LogP contribution in [-0.4, -0.2) is 49.1 Å². The number of hydrogen-bond donors (Lipinski definition) is 1. The van der Waals surface area contributed by atoms with E-state index >= 15 is 0 Å². The number of hydrogen-bond acceptors (Lipinski definition) is 5. The minimum atomic E-state index is 0.00796. The Morgan fingerprint density at radius 2 is 1.69 bits per heavy atom. The van der Waals surface area contributed by atoms with Gasteiger partial charge in [-0.15, -0.1) is 0 Å². The maximum atomic E-state index is 9.95. The standard InChI is InChI=1S/C27H29NO4/c1-19(28-13-15-30-16-14-28)32-23-10-7-21(8-11-23)27-24-12-9-22(29)17-26(24)31-18-25(27)20-5-3-2-4-6-20/h2-12,17,19,25,27,29H,13-16,18H2,1H3. The van der Waals surface area contributed by atoms with Crippen molar-refractivity contribution in [1.82, 2.24) is 4.90 Å². The fourth-order valence-corrected chi connectivity index (χ4v) is 4.76. The molecule has 2 aliphatic heterocycles. The lowest BCUT2D eigenvalue weighted by Crippen LogP contribution is -2.44. The number of phenols is 1. The third-order valence-corrected chi connectivity index (χ3v) is 6.49. The summed E-state index contributed by atoms with van der Waals surface area (Å²) in [6.45, 7) is 5.95. The van der Waals surface area contributed by atoms with Crippen LogP contribution in [0.3, 0.4) is 0 Å². The minimum Gasteiger partial charge on any atom is -0.508 e. The zero-order valence-corrected chi connectivity index (χ0v) is 18.3. The third-order valence-electron chi connectivity index (χ3n) is 6.49. The normalized spacial score (nSPS) is 21.9. The molecular weight excluding hydrogens is 402 g/mol. The quantitative estimate of drug-likeness (QED) is 0.631. The van der Waals surface area contributed by atoms with E-state index in [1.165, 1.54) is 11.1 Å². The lowest BCUT2D eigenvalue weighted by atomic mass is 9.76. The number of rotatable bonds is 5. The van der Waals surface area contributed by atoms with Crippen LogP contribution in [0.2, 0.25) is 0 Å². The highest BCUT2D eigenvalue weighted by Gasteiger charge is 2.33. The first-order valence-electron chi connectivity index (χ1n) is 11.3. The predicted molar refractivity (Wildman–Crippen MR) is 124 cm³/mol. The Labute approximate surface area is 189 Å². The summed E-state index contributed by atoms with van der Waals surface area (Å²) in [5.41, 5.74) is 3.55. The van der Waals surface area contributed by atoms with Gasteiger partial charge >= 0.3 is 0 Å². The Bertz CT molecular complexity index is 1030. The van der Waals surface area contributed by atoms with E-state index in [1.54, 1.807) is 12.1 Å². The van der Waals surface area contributed by atoms with Gasteiger partial charge in [-0.25, -0.2) is 0 Å². The van der Waals surface area contributed by atoms with E-state index in [2.05, 4.69) is 60.4 Å². The SMILES string of the molecule is CC(Oc1ccc(C2c3ccc(O)cc3OCC2c2ccccc2)cc1)N1CCOCC1. The van der Waals surface area contributed by atoms with Gasteiger partial charge in [0.25, 0.3) is 0 Å². The summed E-state index contributed by atoms with van der Waals surface area (Å²) in [4.78, 5) is 2.30. The molecule has 3 atom stereocenters. The number of morpholine rings is 1. The summed E-state index contributed by atoms with van der Waals surface area (Å²) >= 11 is 0. The van der Waals surface area contributed by atoms with Gasteiger partial charge in [-0.2, -0.15) is 0 Å². The first-order chi connectivity index (χ1) is 15.7. The van der Waals surface area contributed by atoms with E-state index in [1.807, 2.05) is 12.1 Å². The summed E-state index contributed by atoms with van der Waals surface area (Å²) in [6.07, 6.45) is 0.00796. The van der Waals surface area contributed by atoms with Gasteiger partial charge in [0.05, 0.1) is 19.8 Å². The van der Waals surface area contributed by atoms with Crippen molar-refractivity contribution >= 4 is 0 Å². The fourth-order valence-electron chi connectivity index (χ4n) is 4.76. The zero-order valence-electron chi connectivity index (χ0n) is 18.3. The van der Waals surface area contributed by atoms with E-state index in [4.69, 9.17) is 14.2 Å². The summed E-state index contributed by atoms with van der Waals surface area (Å²) in [5.74, 6) is 2.16. The van der Waals surface area contributed by atoms with E-state index < -0.39 is 0 Å². The lowest BCUT2D eigenvalue weighted by Gasteiger charge is -2.35. The Hall–Kier alpha value is -3.02. The van der Waals surface area contributed by atoms with Crippen molar-refractivity contribution in [1.29, 1.82) is 0 Å². The van der Waals surface area contributed by atoms with Crippen LogP contribution >= 0.6 is 0 Å². The Morgan fingerprint density at radius 3 is 2.44 bits per heavy atom. The van der Waals surface area contributed by atoms with Crippen LogP contribution in [0.15, 0.2) is 72.8 Å². The van der Waals surface area contributed by atoms with Gasteiger partial charge in [0.15, 0.2) is 0 Å². The van der Waals surface area contributed by atoms with Crippen LogP contribution in [0, 0.1) is 0 Å². The smallest absolute Gasteiger partial charge is 0.149 e. The maximum absolute atomic E-state index is 9.95. The molecule has 5 nitrogen and oxygen atoms in total. The molecule has 0 saturated carbocycles. The molecule has 32 heavy (non-hydrogen) atoms. The van der Waals surface area contributed by atoms with Crippen LogP contribution in [0.25, 0.3) is 0 Å². The Morgan fingerprint density at radius 1 is 0.938 bits per heavy atom. The first-order valence-corrected chi connectivity index (χ1v) is 11.3. The van der Waals surface area contributed by atoms with Crippen molar-refractivity contribution in [2.75, 3.05) is 32.9 Å². The molecule has 0 radical (unpaired) electrons. The average molecular weight is 432 g/mol. The molecule has 1 N–H and O–H groups in total. The molecular formula is C27H29NO4. The topological polar surface area (TPSA) is 51.2 Å². The van der Waals surface area contributed by atoms with E-state index in [0.29, 0.717) is 6.61 Å². The van der Waals surface area contributed by atoms with Crippen LogP contribution < -0.4 is 9.47 Å². The third kappa shape index (κ3) is 4.31. The van der Waals surface area contributed by atoms with Crippen molar-refractivity contribution in [3.63, 3.8) is 0 Å². The predicted octanol–water partition coefficient (Wildman–Crippen LogP) is 4.76. The molecule has 3 aromatic rings. The zero-order chi connectivity index (χ0) is 21.9. The Kier molecular flexibility index (Phi) is 6.02. The molecule has 0 aromatic heterocycles. The average Bonchev–Trinajstić information content (AvgIpc) is 2.85. The van der Waals surface area contributed by atoms with Gasteiger partial charge in [0, 0.05) is 36.6 Å². The molecule has 5 rings (SSSR count). The largest absolute Gasteiger partial charge is 0.508 e. The van der Waals surface area contributed by atoms with Crippen LogP contribution in [-0.2, 0) is 4.74 Å². The Balaban J connectivity index is 1.42. The molecule has 2 aliphatic rings. The molecule has 1 fully saturated rings. The minimum absolute atomic E-state index is 0.00796. The highest BCUT2D eigenvalue weighted by atomic mass is 16.5. The molecule has 3 aromatic carbocycles. The molecule has 2 heterocycles. The summed E-state index contributed by atoms with van der Waals surface area (Å²) in [7, 11) is 0. The van der Waals surface area contributed by atoms with E-state index in [-0.39, 0.29) is 23.8 Å². The highest BCUT2D eigenvalue weighted by molar-refractivity contribution is 5.50. The number of aromatic hydroxyl groups is 1. The van der Waals surface area contributed by atoms with Crippen molar-refractivity contribution in [2.24, 2.45) is 0 Å². The van der Waals surface area contributed by atoms with Gasteiger partial charge in [-0.1, -0.05) is 48.5 Å². The van der Waals surface area contributed by atoms with Crippen LogP contribution in [0.4, 0.5) is 0 Å². The highest BCUT2D eigenvalue weighted by Crippen LogP contribution is 2.47. The second-order valence-electron chi connectivity index (χ2n) is 8.46. The molecule has 0 aliphatic carbocycles. The number of ether oxygens (including phenoxy) is 3. The van der Waals surface area contributed by atoms with Crippen molar-refractivity contribution < 1.29 is 19.3 Å². The molecule has 5 heteroatoms. The van der Waals surface area contributed by atoms with Gasteiger partial charge in [-0.05, 0) is 36.2 Å². The maximum Gasteiger partial charge on any atom is 0.149 e. The number of phenolic OH excluding ortho intramolecular Hbond substituents is 1. The molecule has 0 amide bonds. The molecule has 1 saturated heterocycles. The fraction of sp³-hybridized carbons (Fsp3) is 0.333. The summed E-state index contributed by atoms with van der Waals surface area (Å²) in [5, 5.41) is 9.95. The van der Waals surface area contributed by atoms with Gasteiger partial charge in [-0.3, -0.25) is 4.90 Å². The summed E-state index contributed by atoms with van der Waals surface area (Å²) in [6, 6.07) is 24.4. The van der Waals surface area contributed by atoms with Crippen LogP contribution in [0.1, 0.15) is 35.4 Å². The number of fused-ring (bicyclic) bond motifs is 1. The van der Waals surface area contributed by atoms with E-state index in [0.717, 1.165) is 43.4 Å². The molecule has 3 unspecified atom stereocenters. The van der Waals surface area contributed by atoms with Gasteiger partial charge < -0.3 is 19.3 Å². The lowest BCUT2D eigenvalue weighted by molar-refractivity contribution is -0.0373. The van der Waals surface area contributed by atoms with Gasteiger partial charge in [0.1, 0.15) is 23.5 Å². The summed E-state index contributed by atoms with van der Waals surface area (Å²) < 4.78 is 17.7.